The first-order valence-corrected chi connectivity index (χ1v) is 9.65. The Morgan fingerprint density at radius 2 is 1.92 bits per heavy atom. The molecule has 1 aromatic heterocycles. The Kier molecular flexibility index (Phi) is 4.97. The fourth-order valence-electron chi connectivity index (χ4n) is 5.19. The number of rotatable bonds is 4. The average molecular weight is 347 g/mol. The molecule has 25 heavy (non-hydrogen) atoms. The van der Waals surface area contributed by atoms with E-state index in [2.05, 4.69) is 43.0 Å². The number of hydrogen-bond acceptors (Lipinski definition) is 4. The van der Waals surface area contributed by atoms with Crippen molar-refractivity contribution in [2.45, 2.75) is 59.4 Å². The Hall–Kier alpha value is -1.36. The lowest BCUT2D eigenvalue weighted by atomic mass is 9.63. The van der Waals surface area contributed by atoms with E-state index in [9.17, 15) is 4.79 Å². The van der Waals surface area contributed by atoms with Crippen LogP contribution < -0.4 is 15.8 Å². The molecule has 3 rings (SSSR count). The molecule has 1 aliphatic carbocycles. The minimum atomic E-state index is -0.0363. The van der Waals surface area contributed by atoms with E-state index in [1.807, 2.05) is 6.20 Å². The summed E-state index contributed by atoms with van der Waals surface area (Å²) in [5.74, 6) is 0.650. The monoisotopic (exact) mass is 346 g/mol. The van der Waals surface area contributed by atoms with Gasteiger partial charge in [-0.2, -0.15) is 5.10 Å². The Morgan fingerprint density at radius 3 is 2.56 bits per heavy atom. The Morgan fingerprint density at radius 1 is 1.24 bits per heavy atom. The summed E-state index contributed by atoms with van der Waals surface area (Å²) in [7, 11) is 1.69. The molecule has 5 nitrogen and oxygen atoms in total. The maximum atomic E-state index is 11.8. The van der Waals surface area contributed by atoms with Crippen LogP contribution in [0.15, 0.2) is 17.1 Å². The summed E-state index contributed by atoms with van der Waals surface area (Å²) in [5, 5.41) is 8.01. The van der Waals surface area contributed by atoms with Crippen molar-refractivity contribution < 1.29 is 0 Å². The van der Waals surface area contributed by atoms with E-state index >= 15 is 0 Å². The SMILES string of the molecule is Cn1ncc(N2CCC(CNC3CC(C)(C)CC(C)(C)C3)C2)cc1=O. The van der Waals surface area contributed by atoms with E-state index in [1.165, 1.54) is 30.4 Å². The van der Waals surface area contributed by atoms with Gasteiger partial charge in [0.2, 0.25) is 0 Å². The van der Waals surface area contributed by atoms with Crippen molar-refractivity contribution in [1.82, 2.24) is 15.1 Å². The third-order valence-electron chi connectivity index (χ3n) is 5.85. The first-order chi connectivity index (χ1) is 11.6. The molecule has 0 aromatic carbocycles. The molecular weight excluding hydrogens is 312 g/mol. The Labute approximate surface area is 151 Å². The topological polar surface area (TPSA) is 50.2 Å². The maximum absolute atomic E-state index is 11.8. The molecule has 1 saturated carbocycles. The standard InChI is InChI=1S/C20H34N4O/c1-19(2)9-16(10-20(3,4)14-19)21-11-15-6-7-24(13-15)17-8-18(25)23(5)22-12-17/h8,12,15-16,21H,6-7,9-11,13-14H2,1-5H3. The molecule has 1 atom stereocenters. The van der Waals surface area contributed by atoms with Gasteiger partial charge in [-0.3, -0.25) is 4.79 Å². The van der Waals surface area contributed by atoms with Crippen molar-refractivity contribution in [2.24, 2.45) is 23.8 Å². The first-order valence-electron chi connectivity index (χ1n) is 9.65. The largest absolute Gasteiger partial charge is 0.370 e. The summed E-state index contributed by atoms with van der Waals surface area (Å²) < 4.78 is 1.38. The molecular formula is C20H34N4O. The molecule has 1 saturated heterocycles. The molecule has 0 spiro atoms. The van der Waals surface area contributed by atoms with Crippen LogP contribution in [0.25, 0.3) is 0 Å². The number of hydrogen-bond donors (Lipinski definition) is 1. The van der Waals surface area contributed by atoms with Crippen molar-refractivity contribution in [1.29, 1.82) is 0 Å². The lowest BCUT2D eigenvalue weighted by Gasteiger charge is -2.45. The van der Waals surface area contributed by atoms with Gasteiger partial charge in [-0.1, -0.05) is 27.7 Å². The van der Waals surface area contributed by atoms with Crippen LogP contribution in [0.5, 0.6) is 0 Å². The second-order valence-corrected chi connectivity index (χ2v) is 9.79. The van der Waals surface area contributed by atoms with Crippen LogP contribution in [0.3, 0.4) is 0 Å². The fraction of sp³-hybridized carbons (Fsp3) is 0.800. The molecule has 0 radical (unpaired) electrons. The fourth-order valence-corrected chi connectivity index (χ4v) is 5.19. The molecule has 1 N–H and O–H groups in total. The first kappa shape index (κ1) is 18.4. The smallest absolute Gasteiger partial charge is 0.268 e. The van der Waals surface area contributed by atoms with Gasteiger partial charge in [0.05, 0.1) is 11.9 Å². The zero-order chi connectivity index (χ0) is 18.2. The van der Waals surface area contributed by atoms with E-state index in [0.29, 0.717) is 22.8 Å². The second kappa shape index (κ2) is 6.75. The zero-order valence-electron chi connectivity index (χ0n) is 16.5. The van der Waals surface area contributed by atoms with Gasteiger partial charge >= 0.3 is 0 Å². The summed E-state index contributed by atoms with van der Waals surface area (Å²) in [6, 6.07) is 2.33. The Balaban J connectivity index is 1.53. The number of nitrogens with zero attached hydrogens (tertiary/aromatic N) is 3. The van der Waals surface area contributed by atoms with E-state index in [1.54, 1.807) is 13.1 Å². The average Bonchev–Trinajstić information content (AvgIpc) is 2.94. The van der Waals surface area contributed by atoms with Gasteiger partial charge in [0.25, 0.3) is 5.56 Å². The van der Waals surface area contributed by atoms with Crippen molar-refractivity contribution in [3.63, 3.8) is 0 Å². The molecule has 0 bridgehead atoms. The molecule has 2 aliphatic rings. The van der Waals surface area contributed by atoms with Crippen LogP contribution >= 0.6 is 0 Å². The summed E-state index contributed by atoms with van der Waals surface area (Å²) in [6.45, 7) is 12.7. The summed E-state index contributed by atoms with van der Waals surface area (Å²) in [6.07, 6.45) is 6.84. The minimum absolute atomic E-state index is 0.0363. The number of nitrogens with one attached hydrogen (secondary N) is 1. The highest BCUT2D eigenvalue weighted by Crippen LogP contribution is 2.45. The lowest BCUT2D eigenvalue weighted by molar-refractivity contribution is 0.0837. The van der Waals surface area contributed by atoms with Gasteiger partial charge in [0, 0.05) is 32.2 Å². The van der Waals surface area contributed by atoms with Crippen LogP contribution in [0.1, 0.15) is 53.4 Å². The van der Waals surface area contributed by atoms with E-state index in [4.69, 9.17) is 0 Å². The molecule has 1 aromatic rings. The predicted molar refractivity (Wildman–Crippen MR) is 103 cm³/mol. The predicted octanol–water partition coefficient (Wildman–Crippen LogP) is 2.80. The van der Waals surface area contributed by atoms with Crippen LogP contribution in [-0.2, 0) is 7.05 Å². The molecule has 2 heterocycles. The summed E-state index contributed by atoms with van der Waals surface area (Å²) >= 11 is 0. The van der Waals surface area contributed by atoms with Crippen LogP contribution in [-0.4, -0.2) is 35.5 Å². The highest BCUT2D eigenvalue weighted by atomic mass is 16.1. The molecule has 1 aliphatic heterocycles. The highest BCUT2D eigenvalue weighted by Gasteiger charge is 2.38. The third kappa shape index (κ3) is 4.63. The normalized spacial score (nSPS) is 26.1. The second-order valence-electron chi connectivity index (χ2n) is 9.79. The number of aromatic nitrogens is 2. The summed E-state index contributed by atoms with van der Waals surface area (Å²) in [4.78, 5) is 14.1. The van der Waals surface area contributed by atoms with Crippen LogP contribution in [0.2, 0.25) is 0 Å². The lowest BCUT2D eigenvalue weighted by Crippen LogP contribution is -2.45. The van der Waals surface area contributed by atoms with Crippen molar-refractivity contribution in [3.8, 4) is 0 Å². The van der Waals surface area contributed by atoms with Crippen molar-refractivity contribution in [2.75, 3.05) is 24.5 Å². The van der Waals surface area contributed by atoms with Crippen LogP contribution in [0, 0.1) is 16.7 Å². The Bertz CT molecular complexity index is 648. The van der Waals surface area contributed by atoms with E-state index in [0.717, 1.165) is 25.3 Å². The molecule has 2 fully saturated rings. The van der Waals surface area contributed by atoms with E-state index < -0.39 is 0 Å². The molecule has 5 heteroatoms. The van der Waals surface area contributed by atoms with E-state index in [-0.39, 0.29) is 5.56 Å². The van der Waals surface area contributed by atoms with Crippen molar-refractivity contribution in [3.05, 3.63) is 22.6 Å². The minimum Gasteiger partial charge on any atom is -0.370 e. The van der Waals surface area contributed by atoms with Crippen LogP contribution in [0.4, 0.5) is 5.69 Å². The van der Waals surface area contributed by atoms with Gasteiger partial charge in [-0.05, 0) is 49.0 Å². The zero-order valence-corrected chi connectivity index (χ0v) is 16.5. The number of anilines is 1. The highest BCUT2D eigenvalue weighted by molar-refractivity contribution is 5.44. The molecule has 0 amide bonds. The molecule has 1 unspecified atom stereocenters. The maximum Gasteiger partial charge on any atom is 0.268 e. The summed E-state index contributed by atoms with van der Waals surface area (Å²) in [5.41, 5.74) is 1.78. The third-order valence-corrected chi connectivity index (χ3v) is 5.85. The van der Waals surface area contributed by atoms with Gasteiger partial charge in [0.1, 0.15) is 0 Å². The quantitative estimate of drug-likeness (QED) is 0.911. The van der Waals surface area contributed by atoms with Gasteiger partial charge < -0.3 is 10.2 Å². The van der Waals surface area contributed by atoms with Gasteiger partial charge in [-0.15, -0.1) is 0 Å². The molecule has 140 valence electrons. The van der Waals surface area contributed by atoms with Gasteiger partial charge in [-0.25, -0.2) is 4.68 Å². The van der Waals surface area contributed by atoms with Gasteiger partial charge in [0.15, 0.2) is 0 Å². The number of aryl methyl sites for hydroxylation is 1. The van der Waals surface area contributed by atoms with Crippen molar-refractivity contribution >= 4 is 5.69 Å².